The molecule has 7 heteroatoms. The third-order valence-corrected chi connectivity index (χ3v) is 1.92. The highest BCUT2D eigenvalue weighted by molar-refractivity contribution is 9.11. The summed E-state index contributed by atoms with van der Waals surface area (Å²) in [5.74, 6) is 0.342. The van der Waals surface area contributed by atoms with E-state index in [4.69, 9.17) is 11.6 Å². The fraction of sp³-hybridized carbons (Fsp3) is 0.125. The van der Waals surface area contributed by atoms with Crippen molar-refractivity contribution in [2.75, 3.05) is 11.9 Å². The fourth-order valence-corrected chi connectivity index (χ4v) is 1.21. The van der Waals surface area contributed by atoms with Gasteiger partial charge in [-0.1, -0.05) is 34.1 Å². The summed E-state index contributed by atoms with van der Waals surface area (Å²) >= 11 is 8.77. The molecule has 5 nitrogen and oxygen atoms in total. The molecule has 0 radical (unpaired) electrons. The zero-order valence-electron chi connectivity index (χ0n) is 7.54. The molecular formula is C8H7BrClN3O2. The van der Waals surface area contributed by atoms with Crippen LogP contribution in [0.25, 0.3) is 0 Å². The lowest BCUT2D eigenvalue weighted by molar-refractivity contribution is -0.384. The van der Waals surface area contributed by atoms with E-state index >= 15 is 0 Å². The number of anilines is 1. The van der Waals surface area contributed by atoms with Gasteiger partial charge in [-0.05, 0) is 0 Å². The number of nitro groups is 1. The predicted molar refractivity (Wildman–Crippen MR) is 62.5 cm³/mol. The lowest BCUT2D eigenvalue weighted by Gasteiger charge is -2.04. The average Bonchev–Trinajstić information content (AvgIpc) is 2.13. The summed E-state index contributed by atoms with van der Waals surface area (Å²) in [7, 11) is 0. The molecule has 0 fully saturated rings. The SMILES string of the molecule is C=C(Br)CNc1cc([N+](=O)[O-])cc(Cl)n1. The van der Waals surface area contributed by atoms with Crippen molar-refractivity contribution in [1.82, 2.24) is 4.98 Å². The molecule has 0 saturated heterocycles. The van der Waals surface area contributed by atoms with Gasteiger partial charge in [-0.15, -0.1) is 0 Å². The number of hydrogen-bond donors (Lipinski definition) is 1. The van der Waals surface area contributed by atoms with Gasteiger partial charge >= 0.3 is 0 Å². The lowest BCUT2D eigenvalue weighted by atomic mass is 10.4. The van der Waals surface area contributed by atoms with Gasteiger partial charge in [-0.25, -0.2) is 4.98 Å². The summed E-state index contributed by atoms with van der Waals surface area (Å²) in [6.07, 6.45) is 0. The van der Waals surface area contributed by atoms with Gasteiger partial charge in [0.05, 0.1) is 17.1 Å². The summed E-state index contributed by atoms with van der Waals surface area (Å²) in [5, 5.41) is 13.4. The van der Waals surface area contributed by atoms with E-state index in [9.17, 15) is 10.1 Å². The van der Waals surface area contributed by atoms with Crippen LogP contribution in [-0.2, 0) is 0 Å². The van der Waals surface area contributed by atoms with E-state index in [-0.39, 0.29) is 10.8 Å². The van der Waals surface area contributed by atoms with E-state index in [1.165, 1.54) is 12.1 Å². The zero-order chi connectivity index (χ0) is 11.4. The Hall–Kier alpha value is -1.14. The maximum atomic E-state index is 10.5. The third kappa shape index (κ3) is 3.85. The number of pyridine rings is 1. The summed E-state index contributed by atoms with van der Waals surface area (Å²) in [6, 6.07) is 2.50. The number of rotatable bonds is 4. The highest BCUT2D eigenvalue weighted by atomic mass is 79.9. The highest BCUT2D eigenvalue weighted by Crippen LogP contribution is 2.20. The predicted octanol–water partition coefficient (Wildman–Crippen LogP) is 2.96. The first-order valence-corrected chi connectivity index (χ1v) is 5.05. The van der Waals surface area contributed by atoms with Crippen molar-refractivity contribution in [3.63, 3.8) is 0 Å². The van der Waals surface area contributed by atoms with Gasteiger partial charge in [0.25, 0.3) is 5.69 Å². The maximum absolute atomic E-state index is 10.5. The fourth-order valence-electron chi connectivity index (χ4n) is 0.866. The van der Waals surface area contributed by atoms with E-state index in [0.717, 1.165) is 0 Å². The Balaban J connectivity index is 2.88. The number of nitrogens with zero attached hydrogens (tertiary/aromatic N) is 2. The average molecular weight is 293 g/mol. The molecule has 1 heterocycles. The van der Waals surface area contributed by atoms with Crippen LogP contribution in [0.3, 0.4) is 0 Å². The lowest BCUT2D eigenvalue weighted by Crippen LogP contribution is -2.03. The standard InChI is InChI=1S/C8H7BrClN3O2/c1-5(9)4-11-8-3-6(13(14)15)2-7(10)12-8/h2-3H,1,4H2,(H,11,12). The van der Waals surface area contributed by atoms with Crippen LogP contribution in [0.5, 0.6) is 0 Å². The zero-order valence-corrected chi connectivity index (χ0v) is 9.88. The number of hydrogen-bond acceptors (Lipinski definition) is 4. The summed E-state index contributed by atoms with van der Waals surface area (Å²) in [6.45, 7) is 4.03. The van der Waals surface area contributed by atoms with E-state index in [1.54, 1.807) is 0 Å². The number of aromatic nitrogens is 1. The Labute approximate surface area is 99.4 Å². The smallest absolute Gasteiger partial charge is 0.276 e. The first-order valence-electron chi connectivity index (χ1n) is 3.88. The minimum absolute atomic E-state index is 0.0758. The van der Waals surface area contributed by atoms with Gasteiger partial charge in [-0.2, -0.15) is 0 Å². The molecule has 0 amide bonds. The molecule has 0 atom stereocenters. The van der Waals surface area contributed by atoms with Gasteiger partial charge in [0.1, 0.15) is 11.0 Å². The number of nitrogens with one attached hydrogen (secondary N) is 1. The Morgan fingerprint density at radius 1 is 1.73 bits per heavy atom. The van der Waals surface area contributed by atoms with E-state index in [1.807, 2.05) is 0 Å². The van der Waals surface area contributed by atoms with E-state index < -0.39 is 4.92 Å². The monoisotopic (exact) mass is 291 g/mol. The molecule has 0 aromatic carbocycles. The van der Waals surface area contributed by atoms with Gasteiger partial charge in [0, 0.05) is 11.0 Å². The van der Waals surface area contributed by atoms with Gasteiger partial charge in [-0.3, -0.25) is 10.1 Å². The Kier molecular flexibility index (Phi) is 4.05. The molecule has 0 saturated carbocycles. The first-order chi connectivity index (χ1) is 6.99. The van der Waals surface area contributed by atoms with Crippen LogP contribution < -0.4 is 5.32 Å². The van der Waals surface area contributed by atoms with E-state index in [2.05, 4.69) is 32.8 Å². The summed E-state index contributed by atoms with van der Waals surface area (Å²) in [5.41, 5.74) is -0.0994. The largest absolute Gasteiger partial charge is 0.365 e. The van der Waals surface area contributed by atoms with Crippen LogP contribution in [0.2, 0.25) is 5.15 Å². The molecule has 0 aliphatic heterocycles. The summed E-state index contributed by atoms with van der Waals surface area (Å²) in [4.78, 5) is 13.9. The molecule has 0 spiro atoms. The molecule has 0 bridgehead atoms. The van der Waals surface area contributed by atoms with Crippen LogP contribution in [-0.4, -0.2) is 16.5 Å². The quantitative estimate of drug-likeness (QED) is 0.526. The Morgan fingerprint density at radius 2 is 2.40 bits per heavy atom. The van der Waals surface area contributed by atoms with Crippen LogP contribution in [0.4, 0.5) is 11.5 Å². The molecule has 0 unspecified atom stereocenters. The normalized spacial score (nSPS) is 9.73. The third-order valence-electron chi connectivity index (χ3n) is 1.45. The topological polar surface area (TPSA) is 68.1 Å². The van der Waals surface area contributed by atoms with E-state index in [0.29, 0.717) is 16.8 Å². The van der Waals surface area contributed by atoms with Crippen LogP contribution in [0.1, 0.15) is 0 Å². The van der Waals surface area contributed by atoms with Crippen molar-refractivity contribution >= 4 is 39.0 Å². The van der Waals surface area contributed by atoms with Crippen molar-refractivity contribution in [1.29, 1.82) is 0 Å². The maximum Gasteiger partial charge on any atom is 0.276 e. The second kappa shape index (κ2) is 5.09. The Morgan fingerprint density at radius 3 is 2.93 bits per heavy atom. The molecule has 0 aliphatic carbocycles. The van der Waals surface area contributed by atoms with Crippen molar-refractivity contribution in [2.45, 2.75) is 0 Å². The molecule has 80 valence electrons. The van der Waals surface area contributed by atoms with Gasteiger partial charge in [0.15, 0.2) is 0 Å². The highest BCUT2D eigenvalue weighted by Gasteiger charge is 2.09. The van der Waals surface area contributed by atoms with Crippen LogP contribution >= 0.6 is 27.5 Å². The molecule has 1 N–H and O–H groups in total. The molecular weight excluding hydrogens is 285 g/mol. The van der Waals surface area contributed by atoms with Gasteiger partial charge < -0.3 is 5.32 Å². The molecule has 1 aromatic heterocycles. The Bertz CT molecular complexity index is 411. The van der Waals surface area contributed by atoms with Crippen molar-refractivity contribution in [2.24, 2.45) is 0 Å². The first kappa shape index (κ1) is 11.9. The second-order valence-corrected chi connectivity index (χ2v) is 4.17. The molecule has 1 rings (SSSR count). The molecule has 15 heavy (non-hydrogen) atoms. The van der Waals surface area contributed by atoms with Gasteiger partial charge in [0.2, 0.25) is 0 Å². The van der Waals surface area contributed by atoms with Crippen LogP contribution in [0.15, 0.2) is 23.2 Å². The summed E-state index contributed by atoms with van der Waals surface area (Å²) < 4.78 is 0.715. The molecule has 1 aromatic rings. The minimum atomic E-state index is -0.526. The second-order valence-electron chi connectivity index (χ2n) is 2.66. The van der Waals surface area contributed by atoms with Crippen LogP contribution in [0, 0.1) is 10.1 Å². The van der Waals surface area contributed by atoms with Crippen molar-refractivity contribution in [3.05, 3.63) is 38.5 Å². The minimum Gasteiger partial charge on any atom is -0.365 e. The molecule has 0 aliphatic rings. The van der Waals surface area contributed by atoms with Crippen molar-refractivity contribution < 1.29 is 4.92 Å². The van der Waals surface area contributed by atoms with Crippen molar-refractivity contribution in [3.8, 4) is 0 Å². The number of halogens is 2.